The first-order valence-corrected chi connectivity index (χ1v) is 30.2. The Morgan fingerprint density at radius 1 is 0.284 bits per heavy atom. The summed E-state index contributed by atoms with van der Waals surface area (Å²) in [5.41, 5.74) is 0. The molecule has 0 aliphatic carbocycles. The minimum absolute atomic E-state index is 0.0662. The molecule has 0 saturated carbocycles. The lowest BCUT2D eigenvalue weighted by atomic mass is 10.0. The number of hydrogen-bond donors (Lipinski definition) is 0. The number of rotatable bonds is 56. The molecular formula is C61H116O6. The average molecular weight is 946 g/mol. The Hall–Kier alpha value is -1.85. The number of allylic oxidation sites excluding steroid dienone is 2. The molecule has 0 bridgehead atoms. The molecule has 0 spiro atoms. The molecule has 0 aromatic carbocycles. The molecule has 6 heteroatoms. The third-order valence-electron chi connectivity index (χ3n) is 13.8. The zero-order chi connectivity index (χ0) is 48.6. The number of carbonyl (C=O) groups excluding carboxylic acids is 3. The molecule has 0 aromatic heterocycles. The molecule has 0 amide bonds. The predicted molar refractivity (Wildman–Crippen MR) is 289 cm³/mol. The van der Waals surface area contributed by atoms with Crippen molar-refractivity contribution in [2.75, 3.05) is 13.2 Å². The molecule has 0 rings (SSSR count). The van der Waals surface area contributed by atoms with Crippen LogP contribution in [0.3, 0.4) is 0 Å². The Balaban J connectivity index is 4.12. The van der Waals surface area contributed by atoms with Crippen molar-refractivity contribution >= 4 is 17.9 Å². The van der Waals surface area contributed by atoms with Crippen molar-refractivity contribution in [1.29, 1.82) is 0 Å². The fourth-order valence-electron chi connectivity index (χ4n) is 9.21. The third-order valence-corrected chi connectivity index (χ3v) is 13.8. The molecule has 1 atom stereocenters. The van der Waals surface area contributed by atoms with Crippen molar-refractivity contribution in [2.45, 2.75) is 348 Å². The number of esters is 3. The highest BCUT2D eigenvalue weighted by Crippen LogP contribution is 2.18. The quantitative estimate of drug-likeness (QED) is 0.0262. The zero-order valence-electron chi connectivity index (χ0n) is 45.5. The van der Waals surface area contributed by atoms with Crippen LogP contribution in [0.25, 0.3) is 0 Å². The van der Waals surface area contributed by atoms with E-state index in [4.69, 9.17) is 14.2 Å². The van der Waals surface area contributed by atoms with Gasteiger partial charge in [-0.3, -0.25) is 14.4 Å². The first-order chi connectivity index (χ1) is 33.0. The van der Waals surface area contributed by atoms with Crippen molar-refractivity contribution in [2.24, 2.45) is 0 Å². The summed E-state index contributed by atoms with van der Waals surface area (Å²) in [6.07, 6.45) is 65.2. The summed E-state index contributed by atoms with van der Waals surface area (Å²) in [7, 11) is 0. The van der Waals surface area contributed by atoms with Gasteiger partial charge in [-0.2, -0.15) is 0 Å². The SMILES string of the molecule is CCCCCCCC/C=C\CCCCCCCCCC(=O)OC(COC(=O)CCCCCCCCCC)COC(=O)CCCCCCCCCCCCCCCCCCCCCCCCCC. The van der Waals surface area contributed by atoms with Gasteiger partial charge in [0.15, 0.2) is 6.10 Å². The Labute approximate surface area is 418 Å². The van der Waals surface area contributed by atoms with Gasteiger partial charge in [0.2, 0.25) is 0 Å². The van der Waals surface area contributed by atoms with Crippen LogP contribution < -0.4 is 0 Å². The van der Waals surface area contributed by atoms with E-state index in [0.717, 1.165) is 57.8 Å². The highest BCUT2D eigenvalue weighted by Gasteiger charge is 2.19. The summed E-state index contributed by atoms with van der Waals surface area (Å²) < 4.78 is 16.8. The number of ether oxygens (including phenoxy) is 3. The van der Waals surface area contributed by atoms with E-state index in [1.54, 1.807) is 0 Å². The van der Waals surface area contributed by atoms with Gasteiger partial charge in [0, 0.05) is 19.3 Å². The molecule has 0 fully saturated rings. The van der Waals surface area contributed by atoms with E-state index in [9.17, 15) is 14.4 Å². The maximum Gasteiger partial charge on any atom is 0.306 e. The summed E-state index contributed by atoms with van der Waals surface area (Å²) in [6.45, 7) is 6.66. The Morgan fingerprint density at radius 2 is 0.493 bits per heavy atom. The van der Waals surface area contributed by atoms with Crippen LogP contribution in [0.15, 0.2) is 12.2 Å². The van der Waals surface area contributed by atoms with Crippen LogP contribution in [-0.4, -0.2) is 37.2 Å². The molecule has 0 aliphatic rings. The second-order valence-corrected chi connectivity index (χ2v) is 20.6. The third kappa shape index (κ3) is 55.0. The van der Waals surface area contributed by atoms with E-state index < -0.39 is 6.10 Å². The topological polar surface area (TPSA) is 78.9 Å². The van der Waals surface area contributed by atoms with Gasteiger partial charge in [-0.05, 0) is 44.9 Å². The molecule has 0 N–H and O–H groups in total. The van der Waals surface area contributed by atoms with Crippen LogP contribution >= 0.6 is 0 Å². The van der Waals surface area contributed by atoms with Gasteiger partial charge in [-0.15, -0.1) is 0 Å². The second kappa shape index (κ2) is 56.7. The highest BCUT2D eigenvalue weighted by molar-refractivity contribution is 5.71. The smallest absolute Gasteiger partial charge is 0.306 e. The van der Waals surface area contributed by atoms with Crippen molar-refractivity contribution in [1.82, 2.24) is 0 Å². The van der Waals surface area contributed by atoms with E-state index >= 15 is 0 Å². The first-order valence-electron chi connectivity index (χ1n) is 30.2. The second-order valence-electron chi connectivity index (χ2n) is 20.6. The molecule has 0 radical (unpaired) electrons. The standard InChI is InChI=1S/C61H116O6/c1-4-7-10-13-16-19-21-23-25-27-28-29-30-31-32-33-35-36-38-40-42-45-48-51-54-60(63)66-57-58(56-65-59(62)53-50-47-44-18-15-12-9-6-3)67-61(64)55-52-49-46-43-41-39-37-34-26-24-22-20-17-14-11-8-5-2/h24,26,58H,4-23,25,27-57H2,1-3H3/b26-24-. The van der Waals surface area contributed by atoms with Crippen LogP contribution in [0, 0.1) is 0 Å². The summed E-state index contributed by atoms with van der Waals surface area (Å²) in [6, 6.07) is 0. The maximum atomic E-state index is 12.8. The van der Waals surface area contributed by atoms with Gasteiger partial charge in [0.1, 0.15) is 13.2 Å². The van der Waals surface area contributed by atoms with Crippen LogP contribution in [-0.2, 0) is 28.6 Å². The van der Waals surface area contributed by atoms with E-state index in [2.05, 4.69) is 32.9 Å². The van der Waals surface area contributed by atoms with E-state index in [0.29, 0.717) is 19.3 Å². The highest BCUT2D eigenvalue weighted by atomic mass is 16.6. The maximum absolute atomic E-state index is 12.8. The van der Waals surface area contributed by atoms with Gasteiger partial charge in [0.25, 0.3) is 0 Å². The van der Waals surface area contributed by atoms with Crippen molar-refractivity contribution in [3.63, 3.8) is 0 Å². The van der Waals surface area contributed by atoms with Crippen molar-refractivity contribution < 1.29 is 28.6 Å². The summed E-state index contributed by atoms with van der Waals surface area (Å²) >= 11 is 0. The lowest BCUT2D eigenvalue weighted by Gasteiger charge is -2.18. The largest absolute Gasteiger partial charge is 0.462 e. The normalized spacial score (nSPS) is 12.0. The minimum Gasteiger partial charge on any atom is -0.462 e. The molecule has 6 nitrogen and oxygen atoms in total. The van der Waals surface area contributed by atoms with Crippen molar-refractivity contribution in [3.8, 4) is 0 Å². The Kier molecular flexibility index (Phi) is 55.2. The number of carbonyl (C=O) groups is 3. The van der Waals surface area contributed by atoms with E-state index in [-0.39, 0.29) is 31.1 Å². The summed E-state index contributed by atoms with van der Waals surface area (Å²) in [5.74, 6) is -0.852. The molecule has 0 heterocycles. The molecule has 396 valence electrons. The zero-order valence-corrected chi connectivity index (χ0v) is 45.5. The molecule has 67 heavy (non-hydrogen) atoms. The van der Waals surface area contributed by atoms with E-state index in [1.807, 2.05) is 0 Å². The van der Waals surface area contributed by atoms with Crippen LogP contribution in [0.4, 0.5) is 0 Å². The lowest BCUT2D eigenvalue weighted by molar-refractivity contribution is -0.167. The first kappa shape index (κ1) is 65.1. The van der Waals surface area contributed by atoms with Gasteiger partial charge in [0.05, 0.1) is 0 Å². The Morgan fingerprint density at radius 3 is 0.746 bits per heavy atom. The monoisotopic (exact) mass is 945 g/mol. The lowest BCUT2D eigenvalue weighted by Crippen LogP contribution is -2.30. The fraction of sp³-hybridized carbons (Fsp3) is 0.918. The Bertz CT molecular complexity index is 1040. The van der Waals surface area contributed by atoms with Gasteiger partial charge < -0.3 is 14.2 Å². The van der Waals surface area contributed by atoms with Gasteiger partial charge in [-0.25, -0.2) is 0 Å². The molecule has 0 aliphatic heterocycles. The molecular weight excluding hydrogens is 829 g/mol. The fourth-order valence-corrected chi connectivity index (χ4v) is 9.21. The van der Waals surface area contributed by atoms with Crippen molar-refractivity contribution in [3.05, 3.63) is 12.2 Å². The summed E-state index contributed by atoms with van der Waals surface area (Å²) in [5, 5.41) is 0. The van der Waals surface area contributed by atoms with Gasteiger partial charge in [-0.1, -0.05) is 290 Å². The van der Waals surface area contributed by atoms with Gasteiger partial charge >= 0.3 is 17.9 Å². The molecule has 1 unspecified atom stereocenters. The average Bonchev–Trinajstić information content (AvgIpc) is 3.33. The number of unbranched alkanes of at least 4 members (excludes halogenated alkanes) is 43. The molecule has 0 saturated heterocycles. The number of hydrogen-bond acceptors (Lipinski definition) is 6. The predicted octanol–water partition coefficient (Wildman–Crippen LogP) is 20.1. The van der Waals surface area contributed by atoms with Crippen LogP contribution in [0.1, 0.15) is 342 Å². The van der Waals surface area contributed by atoms with Crippen LogP contribution in [0.2, 0.25) is 0 Å². The summed E-state index contributed by atoms with van der Waals surface area (Å²) in [4.78, 5) is 38.0. The molecule has 0 aromatic rings. The minimum atomic E-state index is -0.766. The van der Waals surface area contributed by atoms with Crippen LogP contribution in [0.5, 0.6) is 0 Å². The van der Waals surface area contributed by atoms with E-state index in [1.165, 1.54) is 244 Å².